The molecule has 3 aromatic heterocycles. The highest BCUT2D eigenvalue weighted by Crippen LogP contribution is 2.28. The Hall–Kier alpha value is -5.27. The lowest BCUT2D eigenvalue weighted by Crippen LogP contribution is -2.47. The van der Waals surface area contributed by atoms with Crippen LogP contribution in [0.4, 0.5) is 0 Å². The number of aliphatic hydroxyl groups excluding tert-OH is 1. The van der Waals surface area contributed by atoms with E-state index in [0.717, 1.165) is 44.3 Å². The fraction of sp³-hybridized carbons (Fsp3) is 0.289. The molecule has 0 saturated carbocycles. The third-order valence-corrected chi connectivity index (χ3v) is 10.3. The fourth-order valence-electron chi connectivity index (χ4n) is 6.78. The number of hydrogen-bond acceptors (Lipinski definition) is 6. The maximum atomic E-state index is 14.4. The van der Waals surface area contributed by atoms with E-state index in [1.165, 1.54) is 4.57 Å². The number of carbonyl (C=O) groups excluding carboxylic acids is 2. The molecule has 51 heavy (non-hydrogen) atoms. The molecule has 0 unspecified atom stereocenters. The highest BCUT2D eigenvalue weighted by molar-refractivity contribution is 9.10. The van der Waals surface area contributed by atoms with Crippen molar-refractivity contribution < 1.29 is 14.7 Å². The second-order valence-corrected chi connectivity index (χ2v) is 13.9. The molecule has 7 rings (SSSR count). The van der Waals surface area contributed by atoms with Gasteiger partial charge in [-0.05, 0) is 81.3 Å². The predicted molar refractivity (Wildman–Crippen MR) is 198 cm³/mol. The number of fused-ring (bicyclic) bond motifs is 2. The van der Waals surface area contributed by atoms with Crippen LogP contribution in [0.2, 0.25) is 0 Å². The Balaban J connectivity index is 1.29. The number of aryl methyl sites for hydroxylation is 2. The van der Waals surface area contributed by atoms with Crippen molar-refractivity contribution in [2.24, 2.45) is 0 Å². The van der Waals surface area contributed by atoms with Crippen molar-refractivity contribution in [1.29, 1.82) is 0 Å². The summed E-state index contributed by atoms with van der Waals surface area (Å²) in [7, 11) is 0. The highest BCUT2D eigenvalue weighted by Gasteiger charge is 2.35. The minimum atomic E-state index is -0.592. The first-order chi connectivity index (χ1) is 24.5. The molecule has 0 fully saturated rings. The molecule has 13 heteroatoms. The van der Waals surface area contributed by atoms with E-state index in [1.54, 1.807) is 39.4 Å². The average molecular weight is 752 g/mol. The van der Waals surface area contributed by atoms with E-state index in [9.17, 15) is 19.5 Å². The summed E-state index contributed by atoms with van der Waals surface area (Å²) in [6, 6.07) is 20.3. The molecule has 12 nitrogen and oxygen atoms in total. The zero-order chi connectivity index (χ0) is 36.0. The first kappa shape index (κ1) is 34.2. The Morgan fingerprint density at radius 3 is 2.65 bits per heavy atom. The normalized spacial score (nSPS) is 14.9. The highest BCUT2D eigenvalue weighted by atomic mass is 79.9. The molecule has 3 aromatic carbocycles. The molecular formula is C38H39BrN8O4. The lowest BCUT2D eigenvalue weighted by molar-refractivity contribution is 0.0610. The average Bonchev–Trinajstić information content (AvgIpc) is 3.83. The van der Waals surface area contributed by atoms with Crippen LogP contribution < -0.4 is 11.0 Å². The molecule has 0 spiro atoms. The number of benzene rings is 3. The monoisotopic (exact) mass is 750 g/mol. The van der Waals surface area contributed by atoms with Gasteiger partial charge in [-0.2, -0.15) is 10.2 Å². The van der Waals surface area contributed by atoms with Crippen molar-refractivity contribution in [2.75, 3.05) is 0 Å². The molecule has 262 valence electrons. The summed E-state index contributed by atoms with van der Waals surface area (Å²) in [5, 5.41) is 22.9. The molecule has 0 aliphatic carbocycles. The molecule has 0 radical (unpaired) electrons. The quantitative estimate of drug-likeness (QED) is 0.206. The second-order valence-electron chi connectivity index (χ2n) is 13.1. The number of carbonyl (C=O) groups is 2. The van der Waals surface area contributed by atoms with Crippen molar-refractivity contribution >= 4 is 38.6 Å². The van der Waals surface area contributed by atoms with Crippen LogP contribution in [0, 0.1) is 6.92 Å². The van der Waals surface area contributed by atoms with Gasteiger partial charge in [0.25, 0.3) is 11.8 Å². The number of rotatable bonds is 9. The predicted octanol–water partition coefficient (Wildman–Crippen LogP) is 5.30. The minimum Gasteiger partial charge on any atom is -0.391 e. The van der Waals surface area contributed by atoms with E-state index in [4.69, 9.17) is 0 Å². The van der Waals surface area contributed by atoms with Crippen molar-refractivity contribution in [3.8, 4) is 16.9 Å². The summed E-state index contributed by atoms with van der Waals surface area (Å²) in [5.41, 5.74) is 5.58. The topological polar surface area (TPSA) is 132 Å². The number of imidazole rings is 1. The fourth-order valence-corrected chi connectivity index (χ4v) is 7.03. The summed E-state index contributed by atoms with van der Waals surface area (Å²) in [4.78, 5) is 44.4. The third kappa shape index (κ3) is 6.43. The summed E-state index contributed by atoms with van der Waals surface area (Å²) >= 11 is 3.52. The number of hydrogen-bond donors (Lipinski definition) is 2. The third-order valence-electron chi connectivity index (χ3n) is 9.44. The lowest BCUT2D eigenvalue weighted by atomic mass is 10.0. The molecule has 2 atom stereocenters. The standard InChI is InChI=1S/C38H39BrN8O4/c1-5-43-15-14-32(42-43)30-9-7-6-8-27(30)18-40-36(49)35-34-22-44(37(50)26-10-12-31(39)23(2)16-26)24(3)20-45(34)38(51)47(35)29-11-13-33-28(17-29)19-41-46(33)21-25(4)48/h6-17,19,24-25,48H,5,18,20-22H2,1-4H3,(H,40,49)/t24-,25-/m1/s1. The van der Waals surface area contributed by atoms with E-state index in [-0.39, 0.29) is 43.0 Å². The Bertz CT molecular complexity index is 2350. The van der Waals surface area contributed by atoms with Crippen molar-refractivity contribution in [3.63, 3.8) is 0 Å². The van der Waals surface area contributed by atoms with Gasteiger partial charge in [0.05, 0.1) is 48.0 Å². The number of halogens is 1. The summed E-state index contributed by atoms with van der Waals surface area (Å²) < 4.78 is 7.52. The zero-order valence-corrected chi connectivity index (χ0v) is 30.5. The van der Waals surface area contributed by atoms with Crippen LogP contribution in [0.3, 0.4) is 0 Å². The SMILES string of the molecule is CCn1ccc(-c2ccccc2CNC(=O)c2c3n(c(=O)n2-c2ccc4c(cnn4C[C@@H](C)O)c2)C[C@@H](C)N(C(=O)c2ccc(Br)c(C)c2)C3)n1. The van der Waals surface area contributed by atoms with Crippen molar-refractivity contribution in [2.45, 2.75) is 72.6 Å². The van der Waals surface area contributed by atoms with Gasteiger partial charge in [0.2, 0.25) is 0 Å². The summed E-state index contributed by atoms with van der Waals surface area (Å²) in [5.74, 6) is -0.621. The van der Waals surface area contributed by atoms with Crippen LogP contribution in [0.5, 0.6) is 0 Å². The minimum absolute atomic E-state index is 0.0692. The Morgan fingerprint density at radius 1 is 1.10 bits per heavy atom. The molecule has 6 aromatic rings. The van der Waals surface area contributed by atoms with Gasteiger partial charge in [0, 0.05) is 52.9 Å². The molecule has 4 heterocycles. The number of nitrogens with one attached hydrogen (secondary N) is 1. The molecule has 1 aliphatic rings. The molecule has 0 bridgehead atoms. The summed E-state index contributed by atoms with van der Waals surface area (Å²) in [6.07, 6.45) is 3.01. The van der Waals surface area contributed by atoms with Gasteiger partial charge in [-0.25, -0.2) is 4.79 Å². The van der Waals surface area contributed by atoms with Crippen LogP contribution in [-0.4, -0.2) is 62.7 Å². The Labute approximate surface area is 303 Å². The molecule has 2 N–H and O–H groups in total. The van der Waals surface area contributed by atoms with Crippen LogP contribution in [0.25, 0.3) is 27.8 Å². The maximum absolute atomic E-state index is 14.4. The smallest absolute Gasteiger partial charge is 0.333 e. The number of nitrogens with zero attached hydrogens (tertiary/aromatic N) is 7. The first-order valence-electron chi connectivity index (χ1n) is 17.0. The molecule has 2 amide bonds. The van der Waals surface area contributed by atoms with E-state index in [0.29, 0.717) is 23.5 Å². The van der Waals surface area contributed by atoms with Crippen LogP contribution >= 0.6 is 15.9 Å². The van der Waals surface area contributed by atoms with Gasteiger partial charge in [0.1, 0.15) is 5.69 Å². The van der Waals surface area contributed by atoms with Crippen molar-refractivity contribution in [3.05, 3.63) is 122 Å². The molecule has 1 aliphatic heterocycles. The van der Waals surface area contributed by atoms with Crippen LogP contribution in [-0.2, 0) is 32.7 Å². The largest absolute Gasteiger partial charge is 0.391 e. The lowest BCUT2D eigenvalue weighted by Gasteiger charge is -2.34. The van der Waals surface area contributed by atoms with E-state index < -0.39 is 12.0 Å². The van der Waals surface area contributed by atoms with E-state index >= 15 is 0 Å². The number of amides is 2. The van der Waals surface area contributed by atoms with Gasteiger partial charge in [-0.1, -0.05) is 40.2 Å². The Kier molecular flexibility index (Phi) is 9.25. The molecular weight excluding hydrogens is 712 g/mol. The number of aromatic nitrogens is 6. The zero-order valence-electron chi connectivity index (χ0n) is 28.9. The maximum Gasteiger partial charge on any atom is 0.333 e. The molecule has 0 saturated heterocycles. The van der Waals surface area contributed by atoms with E-state index in [2.05, 4.69) is 31.4 Å². The van der Waals surface area contributed by atoms with E-state index in [1.807, 2.05) is 86.2 Å². The van der Waals surface area contributed by atoms with Gasteiger partial charge in [-0.3, -0.25) is 28.1 Å². The summed E-state index contributed by atoms with van der Waals surface area (Å²) in [6.45, 7) is 9.10. The van der Waals surface area contributed by atoms with Crippen LogP contribution in [0.1, 0.15) is 58.4 Å². The van der Waals surface area contributed by atoms with Gasteiger partial charge >= 0.3 is 5.69 Å². The Morgan fingerprint density at radius 2 is 1.90 bits per heavy atom. The second kappa shape index (κ2) is 13.8. The van der Waals surface area contributed by atoms with Crippen LogP contribution in [0.15, 0.2) is 88.4 Å². The number of aliphatic hydroxyl groups is 1. The van der Waals surface area contributed by atoms with Crippen molar-refractivity contribution in [1.82, 2.24) is 38.9 Å². The first-order valence-corrected chi connectivity index (χ1v) is 17.8. The van der Waals surface area contributed by atoms with Gasteiger partial charge < -0.3 is 15.3 Å². The van der Waals surface area contributed by atoms with Gasteiger partial charge in [-0.15, -0.1) is 0 Å². The van der Waals surface area contributed by atoms with Gasteiger partial charge in [0.15, 0.2) is 0 Å².